The second-order valence-corrected chi connectivity index (χ2v) is 7.39. The number of aldehydes is 1. The molecule has 25 heavy (non-hydrogen) atoms. The Hall–Kier alpha value is -2.13. The average molecular weight is 337 g/mol. The number of carbonyl (C=O) groups excluding carboxylic acids is 1. The molecule has 1 atom stereocenters. The molecule has 1 aliphatic rings. The van der Waals surface area contributed by atoms with Gasteiger partial charge in [0, 0.05) is 16.8 Å². The minimum absolute atomic E-state index is 0.529. The maximum absolute atomic E-state index is 10.9. The summed E-state index contributed by atoms with van der Waals surface area (Å²) in [6.45, 7) is 13.2. The molecule has 0 saturated carbocycles. The quantitative estimate of drug-likeness (QED) is 0.868. The van der Waals surface area contributed by atoms with Crippen LogP contribution in [0.1, 0.15) is 45.6 Å². The zero-order valence-corrected chi connectivity index (χ0v) is 15.8. The van der Waals surface area contributed by atoms with E-state index in [9.17, 15) is 4.79 Å². The van der Waals surface area contributed by atoms with Crippen LogP contribution in [-0.2, 0) is 0 Å². The summed E-state index contributed by atoms with van der Waals surface area (Å²) in [5, 5.41) is 0. The summed E-state index contributed by atoms with van der Waals surface area (Å²) < 4.78 is 0. The molecule has 3 nitrogen and oxygen atoms in total. The van der Waals surface area contributed by atoms with Gasteiger partial charge in [-0.3, -0.25) is 4.79 Å². The number of benzene rings is 2. The number of carbonyl (C=O) groups is 1. The van der Waals surface area contributed by atoms with E-state index >= 15 is 0 Å². The molecule has 0 amide bonds. The topological polar surface area (TPSA) is 24.8 Å². The van der Waals surface area contributed by atoms with E-state index in [0.717, 1.165) is 38.0 Å². The minimum atomic E-state index is 0.529. The number of anilines is 1. The van der Waals surface area contributed by atoms with Crippen LogP contribution in [0.2, 0.25) is 0 Å². The first kappa shape index (κ1) is 17.7. The van der Waals surface area contributed by atoms with Gasteiger partial charge >= 0.3 is 0 Å². The van der Waals surface area contributed by atoms with Gasteiger partial charge in [-0.05, 0) is 57.0 Å². The van der Waals surface area contributed by atoms with Crippen LogP contribution >= 0.6 is 0 Å². The second kappa shape index (κ2) is 7.40. The van der Waals surface area contributed by atoms with E-state index in [4.69, 9.17) is 0 Å². The van der Waals surface area contributed by atoms with Crippen molar-refractivity contribution in [2.75, 3.05) is 31.1 Å². The summed E-state index contributed by atoms with van der Waals surface area (Å²) in [4.78, 5) is 15.0. The Morgan fingerprint density at radius 2 is 1.72 bits per heavy atom. The largest absolute Gasteiger partial charge is 0.360 e. The van der Waals surface area contributed by atoms with Crippen LogP contribution in [0.5, 0.6) is 0 Å². The number of hydrogen-bond donors (Lipinski definition) is 1. The van der Waals surface area contributed by atoms with Crippen LogP contribution in [0, 0.1) is 20.8 Å². The summed E-state index contributed by atoms with van der Waals surface area (Å²) in [7, 11) is 0. The van der Waals surface area contributed by atoms with Crippen molar-refractivity contribution in [1.82, 2.24) is 0 Å². The zero-order chi connectivity index (χ0) is 18.0. The predicted octanol–water partition coefficient (Wildman–Crippen LogP) is 2.89. The van der Waals surface area contributed by atoms with Crippen molar-refractivity contribution < 1.29 is 9.69 Å². The molecular weight excluding hydrogens is 308 g/mol. The molecule has 1 fully saturated rings. The van der Waals surface area contributed by atoms with Gasteiger partial charge in [0.15, 0.2) is 0 Å². The van der Waals surface area contributed by atoms with Crippen LogP contribution in [0.3, 0.4) is 0 Å². The smallest absolute Gasteiger partial charge is 0.150 e. The van der Waals surface area contributed by atoms with Crippen molar-refractivity contribution in [2.24, 2.45) is 0 Å². The SMILES string of the molecule is Cc1ccc([C@@H](C)[NH+]2CCN(c3ccc(C=O)cc3C)CC2)c(C)c1. The maximum Gasteiger partial charge on any atom is 0.150 e. The first-order valence-corrected chi connectivity index (χ1v) is 9.22. The molecule has 0 spiro atoms. The normalized spacial score (nSPS) is 16.7. The molecule has 0 bridgehead atoms. The molecule has 2 aromatic carbocycles. The van der Waals surface area contributed by atoms with Gasteiger partial charge in [0.2, 0.25) is 0 Å². The Morgan fingerprint density at radius 1 is 1.00 bits per heavy atom. The fraction of sp³-hybridized carbons (Fsp3) is 0.409. The van der Waals surface area contributed by atoms with Crippen molar-refractivity contribution in [1.29, 1.82) is 0 Å². The third-order valence-corrected chi connectivity index (χ3v) is 5.61. The number of rotatable bonds is 4. The first-order chi connectivity index (χ1) is 12.0. The Labute approximate surface area is 151 Å². The van der Waals surface area contributed by atoms with E-state index in [1.54, 1.807) is 4.90 Å². The fourth-order valence-electron chi connectivity index (χ4n) is 4.11. The molecule has 1 N–H and O–H groups in total. The molecule has 0 aromatic heterocycles. The lowest BCUT2D eigenvalue weighted by Crippen LogP contribution is -3.14. The van der Waals surface area contributed by atoms with Gasteiger partial charge < -0.3 is 9.80 Å². The van der Waals surface area contributed by atoms with E-state index in [2.05, 4.69) is 56.9 Å². The molecule has 3 rings (SSSR count). The third-order valence-electron chi connectivity index (χ3n) is 5.61. The molecule has 3 heteroatoms. The van der Waals surface area contributed by atoms with Crippen LogP contribution in [0.25, 0.3) is 0 Å². The number of nitrogens with zero attached hydrogens (tertiary/aromatic N) is 1. The molecule has 0 unspecified atom stereocenters. The number of piperazine rings is 1. The monoisotopic (exact) mass is 337 g/mol. The van der Waals surface area contributed by atoms with Crippen molar-refractivity contribution in [3.05, 3.63) is 64.2 Å². The molecule has 1 aliphatic heterocycles. The van der Waals surface area contributed by atoms with Gasteiger partial charge in [-0.2, -0.15) is 0 Å². The van der Waals surface area contributed by atoms with Crippen LogP contribution in [0.4, 0.5) is 5.69 Å². The summed E-state index contributed by atoms with van der Waals surface area (Å²) in [6.07, 6.45) is 0.921. The minimum Gasteiger partial charge on any atom is -0.360 e. The highest BCUT2D eigenvalue weighted by atomic mass is 16.1. The number of hydrogen-bond acceptors (Lipinski definition) is 2. The molecule has 1 heterocycles. The summed E-state index contributed by atoms with van der Waals surface area (Å²) >= 11 is 0. The summed E-state index contributed by atoms with van der Waals surface area (Å²) in [5.41, 5.74) is 7.43. The number of aryl methyl sites for hydroxylation is 3. The van der Waals surface area contributed by atoms with Gasteiger partial charge in [0.05, 0.1) is 26.2 Å². The Balaban J connectivity index is 1.68. The zero-order valence-electron chi connectivity index (χ0n) is 15.8. The lowest BCUT2D eigenvalue weighted by Gasteiger charge is -2.37. The summed E-state index contributed by atoms with van der Waals surface area (Å²) in [6, 6.07) is 13.4. The third kappa shape index (κ3) is 3.77. The van der Waals surface area contributed by atoms with Gasteiger partial charge in [0.1, 0.15) is 12.3 Å². The van der Waals surface area contributed by atoms with Crippen molar-refractivity contribution >= 4 is 12.0 Å². The van der Waals surface area contributed by atoms with E-state index in [1.165, 1.54) is 27.9 Å². The highest BCUT2D eigenvalue weighted by molar-refractivity contribution is 5.77. The Bertz CT molecular complexity index is 761. The molecule has 0 aliphatic carbocycles. The highest BCUT2D eigenvalue weighted by Gasteiger charge is 2.27. The van der Waals surface area contributed by atoms with Gasteiger partial charge in [-0.1, -0.05) is 23.8 Å². The predicted molar refractivity (Wildman–Crippen MR) is 104 cm³/mol. The average Bonchev–Trinajstić information content (AvgIpc) is 2.61. The van der Waals surface area contributed by atoms with Crippen molar-refractivity contribution in [2.45, 2.75) is 33.7 Å². The standard InChI is InChI=1S/C22H28N2O/c1-16-5-7-21(17(2)13-16)19(4)23-9-11-24(12-10-23)22-8-6-20(15-25)14-18(22)3/h5-8,13-15,19H,9-12H2,1-4H3/p+1/t19-/m1/s1. The molecule has 0 radical (unpaired) electrons. The van der Waals surface area contributed by atoms with Crippen LogP contribution < -0.4 is 9.80 Å². The van der Waals surface area contributed by atoms with Crippen LogP contribution in [-0.4, -0.2) is 32.5 Å². The van der Waals surface area contributed by atoms with Gasteiger partial charge in [-0.25, -0.2) is 0 Å². The van der Waals surface area contributed by atoms with E-state index in [0.29, 0.717) is 6.04 Å². The molecule has 132 valence electrons. The highest BCUT2D eigenvalue weighted by Crippen LogP contribution is 2.22. The van der Waals surface area contributed by atoms with E-state index in [1.807, 2.05) is 12.1 Å². The molecule has 2 aromatic rings. The Morgan fingerprint density at radius 3 is 2.32 bits per heavy atom. The van der Waals surface area contributed by atoms with Crippen molar-refractivity contribution in [3.8, 4) is 0 Å². The first-order valence-electron chi connectivity index (χ1n) is 9.22. The Kier molecular flexibility index (Phi) is 5.24. The van der Waals surface area contributed by atoms with Crippen molar-refractivity contribution in [3.63, 3.8) is 0 Å². The fourth-order valence-corrected chi connectivity index (χ4v) is 4.11. The maximum atomic E-state index is 10.9. The van der Waals surface area contributed by atoms with E-state index < -0.39 is 0 Å². The van der Waals surface area contributed by atoms with E-state index in [-0.39, 0.29) is 0 Å². The number of nitrogens with one attached hydrogen (secondary N) is 1. The second-order valence-electron chi connectivity index (χ2n) is 7.39. The molecule has 1 saturated heterocycles. The summed E-state index contributed by atoms with van der Waals surface area (Å²) in [5.74, 6) is 0. The number of quaternary nitrogens is 1. The van der Waals surface area contributed by atoms with Gasteiger partial charge in [0.25, 0.3) is 0 Å². The van der Waals surface area contributed by atoms with Crippen LogP contribution in [0.15, 0.2) is 36.4 Å². The lowest BCUT2D eigenvalue weighted by molar-refractivity contribution is -0.930. The van der Waals surface area contributed by atoms with Gasteiger partial charge in [-0.15, -0.1) is 0 Å². The molecular formula is C22H29N2O+. The lowest BCUT2D eigenvalue weighted by atomic mass is 9.98.